The average molecular weight is 436 g/mol. The standard InChI is InChI=1S/C25H28FN4S/c1-17-11-13-30(14-12-17)25-29-23(19-9-5-6-10-21(19)26)24(31-25)22-20(15-27-16-28-22)18-7-3-2-4-8-18/h5-6,9-10,15,17-18H,2-4,7-8,11-14H2,1H3. The molecule has 161 valence electrons. The van der Waals surface area contributed by atoms with Gasteiger partial charge in [-0.25, -0.2) is 19.3 Å². The molecule has 2 fully saturated rings. The molecule has 6 heteroatoms. The average Bonchev–Trinajstić information content (AvgIpc) is 3.25. The highest BCUT2D eigenvalue weighted by atomic mass is 32.1. The molecule has 4 nitrogen and oxygen atoms in total. The van der Waals surface area contributed by atoms with Crippen molar-refractivity contribution < 1.29 is 4.39 Å². The van der Waals surface area contributed by atoms with Gasteiger partial charge in [0.25, 0.3) is 0 Å². The van der Waals surface area contributed by atoms with E-state index in [9.17, 15) is 4.39 Å². The molecule has 0 bridgehead atoms. The number of hydrogen-bond donors (Lipinski definition) is 0. The minimum Gasteiger partial charge on any atom is -0.348 e. The van der Waals surface area contributed by atoms with Gasteiger partial charge >= 0.3 is 0 Å². The molecule has 1 radical (unpaired) electrons. The lowest BCUT2D eigenvalue weighted by Gasteiger charge is -2.29. The molecule has 3 heterocycles. The van der Waals surface area contributed by atoms with Gasteiger partial charge in [0.2, 0.25) is 0 Å². The molecule has 1 saturated carbocycles. The minimum atomic E-state index is -0.245. The Morgan fingerprint density at radius 1 is 1.03 bits per heavy atom. The first-order valence-electron chi connectivity index (χ1n) is 11.4. The molecule has 0 N–H and O–H groups in total. The Bertz CT molecular complexity index is 1040. The molecule has 1 saturated heterocycles. The van der Waals surface area contributed by atoms with Crippen LogP contribution in [-0.2, 0) is 0 Å². The number of halogens is 1. The van der Waals surface area contributed by atoms with Crippen molar-refractivity contribution in [1.29, 1.82) is 0 Å². The van der Waals surface area contributed by atoms with Crippen LogP contribution in [0.25, 0.3) is 21.8 Å². The Morgan fingerprint density at radius 3 is 2.58 bits per heavy atom. The first kappa shape index (κ1) is 20.6. The predicted molar refractivity (Wildman–Crippen MR) is 124 cm³/mol. The van der Waals surface area contributed by atoms with Crippen molar-refractivity contribution in [2.45, 2.75) is 57.8 Å². The van der Waals surface area contributed by atoms with Crippen LogP contribution in [0.2, 0.25) is 0 Å². The molecule has 5 rings (SSSR count). The van der Waals surface area contributed by atoms with Crippen LogP contribution in [0.15, 0.2) is 30.5 Å². The van der Waals surface area contributed by atoms with Crippen molar-refractivity contribution in [2.24, 2.45) is 5.92 Å². The molecule has 1 aliphatic heterocycles. The van der Waals surface area contributed by atoms with Gasteiger partial charge < -0.3 is 4.90 Å². The number of hydrogen-bond acceptors (Lipinski definition) is 5. The molecule has 0 unspecified atom stereocenters. The number of rotatable bonds is 4. The molecule has 0 spiro atoms. The van der Waals surface area contributed by atoms with Gasteiger partial charge in [0.1, 0.15) is 5.82 Å². The summed E-state index contributed by atoms with van der Waals surface area (Å²) in [5.74, 6) is 0.953. The van der Waals surface area contributed by atoms with Gasteiger partial charge in [-0.05, 0) is 49.7 Å². The van der Waals surface area contributed by atoms with Crippen molar-refractivity contribution in [1.82, 2.24) is 15.0 Å². The lowest BCUT2D eigenvalue weighted by Crippen LogP contribution is -2.32. The topological polar surface area (TPSA) is 41.9 Å². The van der Waals surface area contributed by atoms with Crippen molar-refractivity contribution in [3.05, 3.63) is 48.2 Å². The summed E-state index contributed by atoms with van der Waals surface area (Å²) >= 11 is 1.64. The quantitative estimate of drug-likeness (QED) is 0.470. The van der Waals surface area contributed by atoms with Crippen molar-refractivity contribution in [3.63, 3.8) is 0 Å². The van der Waals surface area contributed by atoms with Crippen molar-refractivity contribution in [2.75, 3.05) is 18.0 Å². The Hall–Kier alpha value is -2.34. The number of piperidine rings is 1. The highest BCUT2D eigenvalue weighted by Crippen LogP contribution is 2.45. The highest BCUT2D eigenvalue weighted by molar-refractivity contribution is 7.19. The number of thiazole rings is 1. The zero-order valence-corrected chi connectivity index (χ0v) is 18.8. The molecule has 3 aromatic rings. The minimum absolute atomic E-state index is 0.245. The normalized spacial score (nSPS) is 18.5. The van der Waals surface area contributed by atoms with Crippen LogP contribution in [0.1, 0.15) is 63.4 Å². The molecule has 2 aromatic heterocycles. The molecule has 0 amide bonds. The maximum Gasteiger partial charge on any atom is 0.198 e. The van der Waals surface area contributed by atoms with E-state index in [0.29, 0.717) is 17.2 Å². The van der Waals surface area contributed by atoms with E-state index in [2.05, 4.69) is 28.1 Å². The maximum atomic E-state index is 14.8. The van der Waals surface area contributed by atoms with Crippen LogP contribution in [0, 0.1) is 18.1 Å². The molecule has 2 aliphatic rings. The third kappa shape index (κ3) is 4.22. The number of anilines is 1. The van der Waals surface area contributed by atoms with E-state index >= 15 is 0 Å². The lowest BCUT2D eigenvalue weighted by molar-refractivity contribution is 0.438. The fourth-order valence-corrected chi connectivity index (χ4v) is 5.98. The molecular weight excluding hydrogens is 407 g/mol. The number of benzene rings is 1. The van der Waals surface area contributed by atoms with Gasteiger partial charge in [-0.15, -0.1) is 0 Å². The van der Waals surface area contributed by atoms with Crippen LogP contribution in [0.5, 0.6) is 0 Å². The zero-order chi connectivity index (χ0) is 21.2. The third-order valence-corrected chi connectivity index (χ3v) is 7.88. The van der Waals surface area contributed by atoms with Crippen LogP contribution < -0.4 is 4.90 Å². The van der Waals surface area contributed by atoms with E-state index in [4.69, 9.17) is 4.98 Å². The van der Waals surface area contributed by atoms with Gasteiger partial charge in [0.15, 0.2) is 11.5 Å². The van der Waals surface area contributed by atoms with Crippen LogP contribution in [0.4, 0.5) is 9.52 Å². The van der Waals surface area contributed by atoms with Gasteiger partial charge in [-0.2, -0.15) is 0 Å². The largest absolute Gasteiger partial charge is 0.348 e. The van der Waals surface area contributed by atoms with E-state index in [1.807, 2.05) is 18.3 Å². The highest BCUT2D eigenvalue weighted by Gasteiger charge is 2.27. The Labute approximate surface area is 187 Å². The molecular formula is C25H28FN4S. The van der Waals surface area contributed by atoms with Crippen LogP contribution >= 0.6 is 11.3 Å². The van der Waals surface area contributed by atoms with E-state index in [-0.39, 0.29) is 5.82 Å². The van der Waals surface area contributed by atoms with Crippen LogP contribution in [0.3, 0.4) is 0 Å². The molecule has 1 aliphatic carbocycles. The summed E-state index contributed by atoms with van der Waals surface area (Å²) in [4.78, 5) is 17.1. The fourth-order valence-electron chi connectivity index (χ4n) is 4.84. The van der Waals surface area contributed by atoms with Gasteiger partial charge in [-0.3, -0.25) is 0 Å². The third-order valence-electron chi connectivity index (χ3n) is 6.76. The molecule has 31 heavy (non-hydrogen) atoms. The second-order valence-electron chi connectivity index (χ2n) is 8.93. The SMILES string of the molecule is CC1CCN(c2nc(-c3ccccc3F)c(-c3n[c]ncc3C3CCCCC3)s2)CC1. The summed E-state index contributed by atoms with van der Waals surface area (Å²) in [6.45, 7) is 4.30. The monoisotopic (exact) mass is 435 g/mol. The second-order valence-corrected chi connectivity index (χ2v) is 9.91. The number of nitrogens with zero attached hydrogens (tertiary/aromatic N) is 4. The first-order valence-corrected chi connectivity index (χ1v) is 12.3. The van der Waals surface area contributed by atoms with E-state index in [1.54, 1.807) is 17.4 Å². The summed E-state index contributed by atoms with van der Waals surface area (Å²) in [6.07, 6.45) is 13.1. The Balaban J connectivity index is 1.62. The summed E-state index contributed by atoms with van der Waals surface area (Å²) in [6, 6.07) is 6.93. The Morgan fingerprint density at radius 2 is 1.81 bits per heavy atom. The van der Waals surface area contributed by atoms with Crippen molar-refractivity contribution >= 4 is 16.5 Å². The lowest BCUT2D eigenvalue weighted by atomic mass is 9.83. The molecule has 1 aromatic carbocycles. The summed E-state index contributed by atoms with van der Waals surface area (Å²) < 4.78 is 14.8. The van der Waals surface area contributed by atoms with Crippen molar-refractivity contribution in [3.8, 4) is 21.8 Å². The van der Waals surface area contributed by atoms with E-state index in [1.165, 1.54) is 43.7 Å². The first-order chi connectivity index (χ1) is 15.2. The van der Waals surface area contributed by atoms with E-state index < -0.39 is 0 Å². The number of aromatic nitrogens is 3. The van der Waals surface area contributed by atoms with Gasteiger partial charge in [-0.1, -0.05) is 49.7 Å². The fraction of sp³-hybridized carbons (Fsp3) is 0.480. The van der Waals surface area contributed by atoms with Crippen LogP contribution in [-0.4, -0.2) is 28.0 Å². The second kappa shape index (κ2) is 9.03. The predicted octanol–water partition coefficient (Wildman–Crippen LogP) is 6.49. The smallest absolute Gasteiger partial charge is 0.198 e. The summed E-state index contributed by atoms with van der Waals surface area (Å²) in [7, 11) is 0. The summed E-state index contributed by atoms with van der Waals surface area (Å²) in [5, 5.41) is 0.966. The van der Waals surface area contributed by atoms with Gasteiger partial charge in [0.05, 0.1) is 16.3 Å². The zero-order valence-electron chi connectivity index (χ0n) is 18.0. The molecule has 0 atom stereocenters. The summed E-state index contributed by atoms with van der Waals surface area (Å²) in [5.41, 5.74) is 3.28. The maximum absolute atomic E-state index is 14.8. The van der Waals surface area contributed by atoms with Gasteiger partial charge in [0, 0.05) is 30.4 Å². The Kier molecular flexibility index (Phi) is 5.99. The van der Waals surface area contributed by atoms with E-state index in [0.717, 1.165) is 47.6 Å².